The molecule has 4 aromatic rings. The van der Waals surface area contributed by atoms with Gasteiger partial charge in [0.05, 0.1) is 18.4 Å². The number of rotatable bonds is 5. The highest BCUT2D eigenvalue weighted by Crippen LogP contribution is 2.26. The average Bonchev–Trinajstić information content (AvgIpc) is 2.99. The predicted octanol–water partition coefficient (Wildman–Crippen LogP) is 3.26. The third-order valence-corrected chi connectivity index (χ3v) is 5.03. The summed E-state index contributed by atoms with van der Waals surface area (Å²) in [6.45, 7) is 0. The van der Waals surface area contributed by atoms with E-state index in [1.807, 2.05) is 35.9 Å². The van der Waals surface area contributed by atoms with Crippen LogP contribution in [0.4, 0.5) is 5.69 Å². The van der Waals surface area contributed by atoms with Gasteiger partial charge in [0, 0.05) is 18.1 Å². The summed E-state index contributed by atoms with van der Waals surface area (Å²) in [5.74, 6) is 0.805. The van der Waals surface area contributed by atoms with E-state index < -0.39 is 0 Å². The first-order valence-electron chi connectivity index (χ1n) is 8.30. The zero-order chi connectivity index (χ0) is 18.8. The van der Waals surface area contributed by atoms with Gasteiger partial charge in [-0.25, -0.2) is 4.98 Å². The number of amides is 1. The number of aryl methyl sites for hydroxylation is 1. The maximum Gasteiger partial charge on any atom is 0.234 e. The molecule has 0 atom stereocenters. The van der Waals surface area contributed by atoms with Crippen LogP contribution in [0.15, 0.2) is 53.7 Å². The van der Waals surface area contributed by atoms with E-state index in [1.165, 1.54) is 11.8 Å². The molecule has 1 amide bonds. The average molecular weight is 379 g/mol. The molecule has 2 aromatic heterocycles. The molecule has 136 valence electrons. The van der Waals surface area contributed by atoms with Crippen molar-refractivity contribution in [1.82, 2.24) is 19.7 Å². The minimum absolute atomic E-state index is 0.133. The molecule has 4 rings (SSSR count). The van der Waals surface area contributed by atoms with Crippen molar-refractivity contribution in [2.45, 2.75) is 5.16 Å². The lowest BCUT2D eigenvalue weighted by Gasteiger charge is -2.05. The van der Waals surface area contributed by atoms with Crippen LogP contribution in [-0.4, -0.2) is 38.5 Å². The number of anilines is 1. The number of hydrogen-bond donors (Lipinski definition) is 1. The normalized spacial score (nSPS) is 11.0. The summed E-state index contributed by atoms with van der Waals surface area (Å²) in [5.41, 5.74) is 3.28. The van der Waals surface area contributed by atoms with Crippen molar-refractivity contribution in [3.8, 4) is 5.75 Å². The van der Waals surface area contributed by atoms with Crippen molar-refractivity contribution in [2.24, 2.45) is 7.05 Å². The van der Waals surface area contributed by atoms with Gasteiger partial charge in [-0.15, -0.1) is 10.2 Å². The van der Waals surface area contributed by atoms with Gasteiger partial charge in [0.2, 0.25) is 11.1 Å². The summed E-state index contributed by atoms with van der Waals surface area (Å²) in [4.78, 5) is 16.7. The molecular weight excluding hydrogens is 362 g/mol. The van der Waals surface area contributed by atoms with Gasteiger partial charge in [-0.05, 0) is 30.3 Å². The first-order valence-corrected chi connectivity index (χ1v) is 9.29. The number of nitrogens with one attached hydrogen (secondary N) is 1. The number of thioether (sulfide) groups is 1. The second-order valence-corrected chi connectivity index (χ2v) is 6.85. The van der Waals surface area contributed by atoms with Crippen LogP contribution in [0.5, 0.6) is 5.75 Å². The smallest absolute Gasteiger partial charge is 0.234 e. The first kappa shape index (κ1) is 17.3. The SMILES string of the molecule is COc1ccc(NC(=O)CSc2nnc3c4ccccc4n(C)c3n2)cc1. The number of benzene rings is 2. The fourth-order valence-corrected chi connectivity index (χ4v) is 3.44. The Morgan fingerprint density at radius 1 is 1.15 bits per heavy atom. The molecule has 0 aliphatic heterocycles. The number of nitrogens with zero attached hydrogens (tertiary/aromatic N) is 4. The molecule has 0 aliphatic carbocycles. The summed E-state index contributed by atoms with van der Waals surface area (Å²) in [5, 5.41) is 12.8. The standard InChI is InChI=1S/C19H17N5O2S/c1-24-15-6-4-3-5-14(15)17-18(24)21-19(23-22-17)27-11-16(25)20-12-7-9-13(26-2)10-8-12/h3-10H,11H2,1-2H3,(H,20,25). The Morgan fingerprint density at radius 3 is 2.70 bits per heavy atom. The number of methoxy groups -OCH3 is 1. The molecule has 27 heavy (non-hydrogen) atoms. The molecule has 0 saturated heterocycles. The molecule has 0 bridgehead atoms. The first-order chi connectivity index (χ1) is 13.2. The molecule has 0 aliphatic rings. The van der Waals surface area contributed by atoms with Gasteiger partial charge < -0.3 is 14.6 Å². The lowest BCUT2D eigenvalue weighted by Crippen LogP contribution is -2.14. The van der Waals surface area contributed by atoms with Crippen LogP contribution < -0.4 is 10.1 Å². The van der Waals surface area contributed by atoms with Gasteiger partial charge in [0.25, 0.3) is 0 Å². The van der Waals surface area contributed by atoms with Crippen molar-refractivity contribution >= 4 is 45.4 Å². The van der Waals surface area contributed by atoms with Crippen LogP contribution in [-0.2, 0) is 11.8 Å². The highest BCUT2D eigenvalue weighted by atomic mass is 32.2. The largest absolute Gasteiger partial charge is 0.497 e. The van der Waals surface area contributed by atoms with Gasteiger partial charge >= 0.3 is 0 Å². The Labute approximate surface area is 159 Å². The molecule has 0 unspecified atom stereocenters. The molecule has 1 N–H and O–H groups in total. The van der Waals surface area contributed by atoms with E-state index in [-0.39, 0.29) is 11.7 Å². The Kier molecular flexibility index (Phi) is 4.64. The van der Waals surface area contributed by atoms with Crippen molar-refractivity contribution in [1.29, 1.82) is 0 Å². The highest BCUT2D eigenvalue weighted by Gasteiger charge is 2.13. The molecule has 0 fully saturated rings. The van der Waals surface area contributed by atoms with Gasteiger partial charge in [-0.1, -0.05) is 30.0 Å². The van der Waals surface area contributed by atoms with Crippen molar-refractivity contribution < 1.29 is 9.53 Å². The van der Waals surface area contributed by atoms with Gasteiger partial charge in [-0.2, -0.15) is 0 Å². The zero-order valence-electron chi connectivity index (χ0n) is 14.8. The van der Waals surface area contributed by atoms with Crippen LogP contribution in [0.25, 0.3) is 22.1 Å². The maximum absolute atomic E-state index is 12.2. The fraction of sp³-hybridized carbons (Fsp3) is 0.158. The number of ether oxygens (including phenoxy) is 1. The number of fused-ring (bicyclic) bond motifs is 3. The number of aromatic nitrogens is 4. The number of para-hydroxylation sites is 1. The minimum atomic E-state index is -0.133. The third-order valence-electron chi connectivity index (χ3n) is 4.19. The van der Waals surface area contributed by atoms with Gasteiger partial charge in [0.15, 0.2) is 5.65 Å². The lowest BCUT2D eigenvalue weighted by molar-refractivity contribution is -0.113. The fourth-order valence-electron chi connectivity index (χ4n) is 2.85. The van der Waals surface area contributed by atoms with E-state index in [0.29, 0.717) is 10.8 Å². The summed E-state index contributed by atoms with van der Waals surface area (Å²) < 4.78 is 7.09. The quantitative estimate of drug-likeness (QED) is 0.536. The Hall–Kier alpha value is -3.13. The summed E-state index contributed by atoms with van der Waals surface area (Å²) in [7, 11) is 3.55. The van der Waals surface area contributed by atoms with E-state index in [4.69, 9.17) is 4.74 Å². The number of hydrogen-bond acceptors (Lipinski definition) is 6. The number of carbonyl (C=O) groups is 1. The minimum Gasteiger partial charge on any atom is -0.497 e. The molecule has 0 spiro atoms. The van der Waals surface area contributed by atoms with E-state index in [1.54, 1.807) is 31.4 Å². The zero-order valence-corrected chi connectivity index (χ0v) is 15.7. The van der Waals surface area contributed by atoms with Crippen LogP contribution >= 0.6 is 11.8 Å². The third kappa shape index (κ3) is 3.43. The topological polar surface area (TPSA) is 81.9 Å². The van der Waals surface area contributed by atoms with Crippen molar-refractivity contribution in [3.63, 3.8) is 0 Å². The molecular formula is C19H17N5O2S. The number of carbonyl (C=O) groups excluding carboxylic acids is 1. The van der Waals surface area contributed by atoms with Gasteiger partial charge in [0.1, 0.15) is 11.3 Å². The molecule has 0 radical (unpaired) electrons. The monoisotopic (exact) mass is 379 g/mol. The van der Waals surface area contributed by atoms with Crippen LogP contribution in [0, 0.1) is 0 Å². The van der Waals surface area contributed by atoms with Crippen molar-refractivity contribution in [3.05, 3.63) is 48.5 Å². The van der Waals surface area contributed by atoms with Crippen LogP contribution in [0.2, 0.25) is 0 Å². The van der Waals surface area contributed by atoms with Gasteiger partial charge in [-0.3, -0.25) is 4.79 Å². The second-order valence-electron chi connectivity index (χ2n) is 5.91. The van der Waals surface area contributed by atoms with E-state index in [2.05, 4.69) is 20.5 Å². The maximum atomic E-state index is 12.2. The Balaban J connectivity index is 1.47. The summed E-state index contributed by atoms with van der Waals surface area (Å²) in [6, 6.07) is 15.1. The van der Waals surface area contributed by atoms with Crippen LogP contribution in [0.1, 0.15) is 0 Å². The molecule has 0 saturated carbocycles. The van der Waals surface area contributed by atoms with E-state index in [0.717, 1.165) is 27.8 Å². The second kappa shape index (κ2) is 7.24. The molecule has 7 nitrogen and oxygen atoms in total. The highest BCUT2D eigenvalue weighted by molar-refractivity contribution is 7.99. The summed E-state index contributed by atoms with van der Waals surface area (Å²) >= 11 is 1.25. The lowest BCUT2D eigenvalue weighted by atomic mass is 10.2. The molecule has 2 aromatic carbocycles. The Morgan fingerprint density at radius 2 is 1.93 bits per heavy atom. The summed E-state index contributed by atoms with van der Waals surface area (Å²) in [6.07, 6.45) is 0. The van der Waals surface area contributed by atoms with Crippen LogP contribution in [0.3, 0.4) is 0 Å². The molecule has 2 heterocycles. The van der Waals surface area contributed by atoms with Crippen molar-refractivity contribution in [2.75, 3.05) is 18.2 Å². The predicted molar refractivity (Wildman–Crippen MR) is 106 cm³/mol. The van der Waals surface area contributed by atoms with E-state index in [9.17, 15) is 4.79 Å². The van der Waals surface area contributed by atoms with E-state index >= 15 is 0 Å². The molecule has 8 heteroatoms. The Bertz CT molecular complexity index is 1120.